The van der Waals surface area contributed by atoms with Gasteiger partial charge in [-0.3, -0.25) is 0 Å². The van der Waals surface area contributed by atoms with Gasteiger partial charge < -0.3 is 0 Å². The molecule has 0 bridgehead atoms. The second kappa shape index (κ2) is 4.45. The topological polar surface area (TPSA) is 42.1 Å². The van der Waals surface area contributed by atoms with Crippen molar-refractivity contribution in [3.63, 3.8) is 0 Å². The molecule has 1 aliphatic heterocycles. The first-order valence-corrected chi connectivity index (χ1v) is 8.25. The molecule has 3 heterocycles. The van der Waals surface area contributed by atoms with Gasteiger partial charge in [-0.25, -0.2) is 0 Å². The van der Waals surface area contributed by atoms with Crippen molar-refractivity contribution < 1.29 is 4.74 Å². The fourth-order valence-corrected chi connectivity index (χ4v) is 4.40. The molecule has 0 saturated heterocycles. The summed E-state index contributed by atoms with van der Waals surface area (Å²) in [6.45, 7) is 3.39. The summed E-state index contributed by atoms with van der Waals surface area (Å²) < 4.78 is 8.06. The summed E-state index contributed by atoms with van der Waals surface area (Å²) in [4.78, 5) is 15.8. The van der Waals surface area contributed by atoms with Crippen LogP contribution in [-0.4, -0.2) is 19.5 Å². The molecular formula is C16H13NO2Se. The molecule has 3 aromatic rings. The average Bonchev–Trinajstić information content (AvgIpc) is 3.04. The Morgan fingerprint density at radius 2 is 1.95 bits per heavy atom. The van der Waals surface area contributed by atoms with Crippen molar-refractivity contribution in [2.75, 3.05) is 0 Å². The van der Waals surface area contributed by atoms with Crippen LogP contribution in [0.15, 0.2) is 35.1 Å². The molecule has 1 N–H and O–H groups in total. The first kappa shape index (κ1) is 12.2. The number of fused-ring (bicyclic) bond motifs is 2. The molecule has 1 aromatic carbocycles. The average molecular weight is 330 g/mol. The zero-order valence-corrected chi connectivity index (χ0v) is 12.7. The van der Waals surface area contributed by atoms with Crippen molar-refractivity contribution in [3.8, 4) is 10.1 Å². The van der Waals surface area contributed by atoms with Crippen molar-refractivity contribution in [1.82, 2.24) is 4.98 Å². The third kappa shape index (κ3) is 1.88. The second-order valence-corrected chi connectivity index (χ2v) is 7.82. The van der Waals surface area contributed by atoms with E-state index in [2.05, 4.69) is 30.1 Å². The molecule has 0 spiro atoms. The molecule has 100 valence electrons. The molecule has 0 amide bonds. The summed E-state index contributed by atoms with van der Waals surface area (Å²) in [5.41, 5.74) is 4.28. The number of nitrogens with one attached hydrogen (secondary N) is 1. The Bertz CT molecular complexity index is 876. The van der Waals surface area contributed by atoms with E-state index < -0.39 is 0 Å². The number of rotatable bonds is 1. The molecule has 1 aliphatic rings. The van der Waals surface area contributed by atoms with Crippen LogP contribution in [0.2, 0.25) is 0 Å². The fraction of sp³-hybridized carbons (Fsp3) is 0.188. The molecule has 4 heteroatoms. The van der Waals surface area contributed by atoms with Crippen LogP contribution in [-0.2, 0) is 18.0 Å². The minimum absolute atomic E-state index is 0.0877. The fourth-order valence-electron chi connectivity index (χ4n) is 2.64. The van der Waals surface area contributed by atoms with Crippen LogP contribution in [0.25, 0.3) is 21.0 Å². The van der Waals surface area contributed by atoms with Crippen LogP contribution in [0.5, 0.6) is 0 Å². The molecule has 0 aliphatic carbocycles. The summed E-state index contributed by atoms with van der Waals surface area (Å²) >= 11 is 0.330. The van der Waals surface area contributed by atoms with Gasteiger partial charge >= 0.3 is 122 Å². The SMILES string of the molecule is Cc1ccc(-c2cc(=O)c3cc4c(cc3[nH]2)COC4)[se]1. The van der Waals surface area contributed by atoms with Crippen molar-refractivity contribution in [2.24, 2.45) is 0 Å². The van der Waals surface area contributed by atoms with E-state index in [1.54, 1.807) is 6.07 Å². The number of ether oxygens (including phenoxy) is 1. The summed E-state index contributed by atoms with van der Waals surface area (Å²) in [5.74, 6) is 0. The molecule has 0 atom stereocenters. The van der Waals surface area contributed by atoms with Crippen molar-refractivity contribution in [2.45, 2.75) is 20.1 Å². The Morgan fingerprint density at radius 3 is 2.70 bits per heavy atom. The molecule has 20 heavy (non-hydrogen) atoms. The molecule has 0 radical (unpaired) electrons. The van der Waals surface area contributed by atoms with Crippen LogP contribution >= 0.6 is 0 Å². The van der Waals surface area contributed by atoms with Gasteiger partial charge in [0, 0.05) is 0 Å². The number of benzene rings is 1. The van der Waals surface area contributed by atoms with E-state index in [0.717, 1.165) is 22.2 Å². The normalized spacial score (nSPS) is 13.8. The monoisotopic (exact) mass is 331 g/mol. The van der Waals surface area contributed by atoms with Gasteiger partial charge in [0.1, 0.15) is 0 Å². The molecule has 4 rings (SSSR count). The Hall–Kier alpha value is -1.61. The van der Waals surface area contributed by atoms with Crippen molar-refractivity contribution in [3.05, 3.63) is 56.1 Å². The van der Waals surface area contributed by atoms with E-state index in [0.29, 0.717) is 27.7 Å². The first-order chi connectivity index (χ1) is 9.70. The first-order valence-electron chi connectivity index (χ1n) is 6.54. The molecular weight excluding hydrogens is 317 g/mol. The zero-order valence-electron chi connectivity index (χ0n) is 11.0. The molecule has 3 nitrogen and oxygen atoms in total. The number of H-pyrrole nitrogens is 1. The standard InChI is InChI=1S/C16H13NO2Se/c1-9-2-3-16(20-9)14-6-15(18)12-4-10-7-19-8-11(10)5-13(12)17-14/h2-6H,7-8H2,1H3,(H,17,18). The molecule has 0 unspecified atom stereocenters. The van der Waals surface area contributed by atoms with Crippen molar-refractivity contribution in [1.29, 1.82) is 0 Å². The van der Waals surface area contributed by atoms with Crippen LogP contribution in [0, 0.1) is 6.92 Å². The van der Waals surface area contributed by atoms with Gasteiger partial charge in [0.05, 0.1) is 0 Å². The molecule has 0 saturated carbocycles. The van der Waals surface area contributed by atoms with E-state index in [-0.39, 0.29) is 5.43 Å². The number of aryl methyl sites for hydroxylation is 1. The summed E-state index contributed by atoms with van der Waals surface area (Å²) in [7, 11) is 0. The maximum absolute atomic E-state index is 12.3. The number of pyridine rings is 1. The van der Waals surface area contributed by atoms with Crippen LogP contribution in [0.1, 0.15) is 15.6 Å². The van der Waals surface area contributed by atoms with Gasteiger partial charge in [0.15, 0.2) is 0 Å². The van der Waals surface area contributed by atoms with Crippen LogP contribution in [0.4, 0.5) is 0 Å². The number of hydrogen-bond donors (Lipinski definition) is 1. The van der Waals surface area contributed by atoms with Gasteiger partial charge in [0.2, 0.25) is 0 Å². The number of hydrogen-bond acceptors (Lipinski definition) is 2. The van der Waals surface area contributed by atoms with E-state index in [1.807, 2.05) is 6.07 Å². The zero-order chi connectivity index (χ0) is 13.7. The van der Waals surface area contributed by atoms with Gasteiger partial charge in [-0.05, 0) is 0 Å². The summed E-state index contributed by atoms with van der Waals surface area (Å²) in [5, 5.41) is 0.758. The van der Waals surface area contributed by atoms with Gasteiger partial charge in [-0.1, -0.05) is 0 Å². The quantitative estimate of drug-likeness (QED) is 0.697. The minimum atomic E-state index is 0.0877. The third-order valence-corrected chi connectivity index (χ3v) is 5.84. The number of aromatic nitrogens is 1. The van der Waals surface area contributed by atoms with Gasteiger partial charge in [-0.2, -0.15) is 0 Å². The molecule has 2 aromatic heterocycles. The third-order valence-electron chi connectivity index (χ3n) is 3.67. The van der Waals surface area contributed by atoms with E-state index in [1.165, 1.54) is 14.4 Å². The van der Waals surface area contributed by atoms with Crippen LogP contribution < -0.4 is 5.43 Å². The number of aromatic amines is 1. The van der Waals surface area contributed by atoms with Gasteiger partial charge in [-0.15, -0.1) is 0 Å². The Morgan fingerprint density at radius 1 is 1.15 bits per heavy atom. The van der Waals surface area contributed by atoms with Crippen molar-refractivity contribution >= 4 is 25.4 Å². The Labute approximate surface area is 122 Å². The van der Waals surface area contributed by atoms with E-state index in [4.69, 9.17) is 4.74 Å². The Balaban J connectivity index is 1.98. The molecule has 0 fully saturated rings. The predicted octanol–water partition coefficient (Wildman–Crippen LogP) is 2.59. The van der Waals surface area contributed by atoms with E-state index >= 15 is 0 Å². The van der Waals surface area contributed by atoms with E-state index in [9.17, 15) is 4.79 Å². The maximum atomic E-state index is 12.3. The summed E-state index contributed by atoms with van der Waals surface area (Å²) in [6, 6.07) is 10.0. The predicted molar refractivity (Wildman–Crippen MR) is 80.2 cm³/mol. The second-order valence-electron chi connectivity index (χ2n) is 5.12. The van der Waals surface area contributed by atoms with Crippen LogP contribution in [0.3, 0.4) is 0 Å². The summed E-state index contributed by atoms with van der Waals surface area (Å²) in [6.07, 6.45) is 0. The Kier molecular flexibility index (Phi) is 2.71. The van der Waals surface area contributed by atoms with Gasteiger partial charge in [0.25, 0.3) is 0 Å².